The second-order valence-corrected chi connectivity index (χ2v) is 14.7. The Hall–Kier alpha value is -7.46. The van der Waals surface area contributed by atoms with E-state index < -0.39 is 23.9 Å². The topological polar surface area (TPSA) is 168 Å². The number of benzene rings is 8. The Morgan fingerprint density at radius 3 is 1.43 bits per heavy atom. The molecule has 0 unspecified atom stereocenters. The highest BCUT2D eigenvalue weighted by Gasteiger charge is 2.35. The Bertz CT molecular complexity index is 2980. The Kier molecular flexibility index (Phi) is 9.20. The van der Waals surface area contributed by atoms with E-state index in [2.05, 4.69) is 0 Å². The number of carbonyl (C=O) groups is 4. The van der Waals surface area contributed by atoms with Gasteiger partial charge in [0.2, 0.25) is 0 Å². The third kappa shape index (κ3) is 5.88. The molecule has 0 bridgehead atoms. The van der Waals surface area contributed by atoms with Crippen LogP contribution in [0.3, 0.4) is 0 Å². The van der Waals surface area contributed by atoms with Gasteiger partial charge in [-0.15, -0.1) is 0 Å². The number of hydrogen-bond donors (Lipinski definition) is 4. The van der Waals surface area contributed by atoms with Crippen LogP contribution in [0.1, 0.15) is 92.1 Å². The molecule has 0 aliphatic rings. The zero-order chi connectivity index (χ0) is 41.2. The Labute approximate surface area is 331 Å². The number of aromatic carboxylic acids is 4. The van der Waals surface area contributed by atoms with Crippen molar-refractivity contribution in [3.8, 4) is 34.1 Å². The van der Waals surface area contributed by atoms with Gasteiger partial charge in [-0.25, -0.2) is 19.2 Å². The van der Waals surface area contributed by atoms with Crippen LogP contribution in [0.2, 0.25) is 0 Å². The van der Waals surface area contributed by atoms with Gasteiger partial charge >= 0.3 is 23.9 Å². The average Bonchev–Trinajstić information content (AvgIpc) is 3.19. The standard InChI is InChI=1S/C48H36O10/c1-23(2)27-16-11-17-28(24(3)4)35(27)42-43(48(55)56)40-32(46(51)52)21-18-29-37-34(57-25-12-7-5-8-13-25)22-33(47(53)54)36-31(45(49)50)20-19-30(38(36)37)41(39(29)40)44(42)58-26-14-9-6-10-15-26/h5-24H,1-4H3,(H,49,50)(H,51,52)(H,53,54)(H,55,56). The fourth-order valence-corrected chi connectivity index (χ4v) is 8.30. The summed E-state index contributed by atoms with van der Waals surface area (Å²) in [6.45, 7) is 7.94. The van der Waals surface area contributed by atoms with Crippen LogP contribution in [0.5, 0.6) is 23.0 Å². The summed E-state index contributed by atoms with van der Waals surface area (Å²) in [5, 5.41) is 44.9. The summed E-state index contributed by atoms with van der Waals surface area (Å²) < 4.78 is 13.3. The quantitative estimate of drug-likeness (QED) is 0.0733. The van der Waals surface area contributed by atoms with Crippen molar-refractivity contribution in [1.82, 2.24) is 0 Å². The highest BCUT2D eigenvalue weighted by molar-refractivity contribution is 6.41. The second-order valence-electron chi connectivity index (χ2n) is 14.7. The van der Waals surface area contributed by atoms with E-state index in [0.29, 0.717) is 27.8 Å². The first-order valence-electron chi connectivity index (χ1n) is 18.6. The molecule has 0 aliphatic carbocycles. The molecule has 0 aromatic heterocycles. The van der Waals surface area contributed by atoms with Gasteiger partial charge in [0.25, 0.3) is 0 Å². The molecule has 0 aliphatic heterocycles. The van der Waals surface area contributed by atoms with Crippen LogP contribution in [-0.4, -0.2) is 44.3 Å². The molecular formula is C48H36O10. The van der Waals surface area contributed by atoms with Crippen molar-refractivity contribution in [2.24, 2.45) is 0 Å². The molecular weight excluding hydrogens is 737 g/mol. The van der Waals surface area contributed by atoms with Gasteiger partial charge in [-0.05, 0) is 81.8 Å². The number of ether oxygens (including phenoxy) is 2. The van der Waals surface area contributed by atoms with Crippen LogP contribution in [0.4, 0.5) is 0 Å². The summed E-state index contributed by atoms with van der Waals surface area (Å²) in [4.78, 5) is 53.4. The number of carboxylic acid groups (broad SMARTS) is 4. The Morgan fingerprint density at radius 1 is 0.448 bits per heavy atom. The lowest BCUT2D eigenvalue weighted by molar-refractivity contribution is 0.0681. The van der Waals surface area contributed by atoms with Gasteiger partial charge in [-0.3, -0.25) is 0 Å². The molecule has 10 heteroatoms. The minimum absolute atomic E-state index is 0.0358. The third-order valence-corrected chi connectivity index (χ3v) is 10.7. The average molecular weight is 773 g/mol. The van der Waals surface area contributed by atoms with E-state index in [4.69, 9.17) is 9.47 Å². The van der Waals surface area contributed by atoms with Crippen LogP contribution in [-0.2, 0) is 0 Å². The van der Waals surface area contributed by atoms with Crippen molar-refractivity contribution >= 4 is 67.0 Å². The maximum absolute atomic E-state index is 14.1. The molecule has 8 aromatic carbocycles. The van der Waals surface area contributed by atoms with Crippen molar-refractivity contribution in [3.63, 3.8) is 0 Å². The molecule has 8 aromatic rings. The summed E-state index contributed by atoms with van der Waals surface area (Å²) in [6.07, 6.45) is 0. The Morgan fingerprint density at radius 2 is 0.931 bits per heavy atom. The van der Waals surface area contributed by atoms with E-state index in [-0.39, 0.29) is 83.5 Å². The molecule has 0 heterocycles. The van der Waals surface area contributed by atoms with Crippen molar-refractivity contribution in [1.29, 1.82) is 0 Å². The van der Waals surface area contributed by atoms with Crippen molar-refractivity contribution < 1.29 is 49.1 Å². The zero-order valence-electron chi connectivity index (χ0n) is 31.8. The number of carboxylic acids is 4. The van der Waals surface area contributed by atoms with Crippen LogP contribution < -0.4 is 9.47 Å². The van der Waals surface area contributed by atoms with Gasteiger partial charge < -0.3 is 29.9 Å². The van der Waals surface area contributed by atoms with Crippen molar-refractivity contribution in [2.45, 2.75) is 39.5 Å². The molecule has 0 fully saturated rings. The summed E-state index contributed by atoms with van der Waals surface area (Å²) in [6, 6.07) is 30.0. The van der Waals surface area contributed by atoms with Gasteiger partial charge in [0.1, 0.15) is 23.0 Å². The maximum atomic E-state index is 14.1. The van der Waals surface area contributed by atoms with Crippen molar-refractivity contribution in [2.75, 3.05) is 0 Å². The summed E-state index contributed by atoms with van der Waals surface area (Å²) >= 11 is 0. The van der Waals surface area contributed by atoms with Crippen LogP contribution in [0, 0.1) is 0 Å². The Balaban J connectivity index is 1.77. The molecule has 0 radical (unpaired) electrons. The predicted octanol–water partition coefficient (Wildman–Crippen LogP) is 12.0. The van der Waals surface area contributed by atoms with E-state index in [1.807, 2.05) is 45.9 Å². The summed E-state index contributed by atoms with van der Waals surface area (Å²) in [5.74, 6) is -5.00. The summed E-state index contributed by atoms with van der Waals surface area (Å²) in [7, 11) is 0. The van der Waals surface area contributed by atoms with Gasteiger partial charge in [0.15, 0.2) is 0 Å². The maximum Gasteiger partial charge on any atom is 0.337 e. The lowest BCUT2D eigenvalue weighted by Crippen LogP contribution is -2.12. The number of hydrogen-bond acceptors (Lipinski definition) is 6. The smallest absolute Gasteiger partial charge is 0.337 e. The molecule has 0 atom stereocenters. The third-order valence-electron chi connectivity index (χ3n) is 10.7. The minimum atomic E-state index is -1.41. The van der Waals surface area contributed by atoms with E-state index >= 15 is 0 Å². The molecule has 0 saturated carbocycles. The molecule has 8 rings (SSSR count). The lowest BCUT2D eigenvalue weighted by Gasteiger charge is -2.28. The molecule has 4 N–H and O–H groups in total. The van der Waals surface area contributed by atoms with E-state index in [1.165, 1.54) is 30.3 Å². The largest absolute Gasteiger partial charge is 0.478 e. The first-order valence-corrected chi connectivity index (χ1v) is 18.6. The van der Waals surface area contributed by atoms with E-state index in [9.17, 15) is 39.6 Å². The summed E-state index contributed by atoms with van der Waals surface area (Å²) in [5.41, 5.74) is 1.08. The number of para-hydroxylation sites is 2. The monoisotopic (exact) mass is 772 g/mol. The molecule has 10 nitrogen and oxygen atoms in total. The molecule has 0 saturated heterocycles. The first-order chi connectivity index (χ1) is 27.8. The molecule has 58 heavy (non-hydrogen) atoms. The van der Waals surface area contributed by atoms with Crippen molar-refractivity contribution in [3.05, 3.63) is 143 Å². The molecule has 0 amide bonds. The zero-order valence-corrected chi connectivity index (χ0v) is 31.8. The van der Waals surface area contributed by atoms with E-state index in [1.54, 1.807) is 60.7 Å². The van der Waals surface area contributed by atoms with Crippen LogP contribution >= 0.6 is 0 Å². The van der Waals surface area contributed by atoms with E-state index in [0.717, 1.165) is 11.1 Å². The van der Waals surface area contributed by atoms with Crippen LogP contribution in [0.25, 0.3) is 54.2 Å². The highest BCUT2D eigenvalue weighted by atomic mass is 16.5. The van der Waals surface area contributed by atoms with Crippen LogP contribution in [0.15, 0.2) is 109 Å². The highest BCUT2D eigenvalue weighted by Crippen LogP contribution is 2.56. The minimum Gasteiger partial charge on any atom is -0.478 e. The van der Waals surface area contributed by atoms with Gasteiger partial charge in [-0.1, -0.05) is 94.4 Å². The molecule has 0 spiro atoms. The SMILES string of the molecule is CC(C)c1cccc(C(C)C)c1-c1c(C(=O)O)c2c(C(=O)O)ccc3c4c(Oc5ccccc5)cc(C(=O)O)c5c(C(=O)O)ccc(c(c1Oc1ccccc1)c23)c54. The normalized spacial score (nSPS) is 11.6. The number of rotatable bonds is 11. The van der Waals surface area contributed by atoms with Gasteiger partial charge in [0, 0.05) is 37.9 Å². The van der Waals surface area contributed by atoms with Gasteiger partial charge in [-0.2, -0.15) is 0 Å². The van der Waals surface area contributed by atoms with Gasteiger partial charge in [0.05, 0.1) is 22.3 Å². The predicted molar refractivity (Wildman–Crippen MR) is 222 cm³/mol. The first kappa shape index (κ1) is 37.5. The fraction of sp³-hybridized carbons (Fsp3) is 0.125. The lowest BCUT2D eigenvalue weighted by atomic mass is 9.78. The molecule has 288 valence electrons. The fourth-order valence-electron chi connectivity index (χ4n) is 8.30. The second kappa shape index (κ2) is 14.2. The number of fused-ring (bicyclic) bond motifs is 2.